The number of hydrogen-bond acceptors (Lipinski definition) is 5. The van der Waals surface area contributed by atoms with Gasteiger partial charge < -0.3 is 9.47 Å². The summed E-state index contributed by atoms with van der Waals surface area (Å²) in [7, 11) is 1.63. The van der Waals surface area contributed by atoms with Crippen LogP contribution in [0.25, 0.3) is 6.08 Å². The van der Waals surface area contributed by atoms with Gasteiger partial charge in [-0.15, -0.1) is 0 Å². The monoisotopic (exact) mass is 604 g/mol. The molecule has 1 amide bonds. The maximum absolute atomic E-state index is 13.8. The van der Waals surface area contributed by atoms with Crippen LogP contribution >= 0.6 is 27.7 Å². The summed E-state index contributed by atoms with van der Waals surface area (Å²) in [6, 6.07) is 22.3. The summed E-state index contributed by atoms with van der Waals surface area (Å²) in [5, 5.41) is 0.771. The number of carbonyl (C=O) groups excluding carboxylic acids is 1. The first-order chi connectivity index (χ1) is 19.1. The third-order valence-corrected chi connectivity index (χ3v) is 8.71. The zero-order valence-corrected chi connectivity index (χ0v) is 24.8. The molecule has 0 spiro atoms. The Labute approximate surface area is 243 Å². The Morgan fingerprint density at radius 1 is 1.05 bits per heavy atom. The van der Waals surface area contributed by atoms with Crippen LogP contribution in [0.4, 0.5) is 5.69 Å². The molecule has 0 radical (unpaired) electrons. The Bertz CT molecular complexity index is 1380. The highest BCUT2D eigenvalue weighted by molar-refractivity contribution is 9.10. The molecule has 2 aliphatic rings. The van der Waals surface area contributed by atoms with Gasteiger partial charge >= 0.3 is 0 Å². The van der Waals surface area contributed by atoms with Crippen LogP contribution in [0.3, 0.4) is 0 Å². The topological polar surface area (TPSA) is 51.1 Å². The molecule has 5 rings (SSSR count). The lowest BCUT2D eigenvalue weighted by Gasteiger charge is -2.30. The van der Waals surface area contributed by atoms with Crippen molar-refractivity contribution in [1.29, 1.82) is 0 Å². The van der Waals surface area contributed by atoms with E-state index in [0.717, 1.165) is 58.6 Å². The van der Waals surface area contributed by atoms with E-state index in [2.05, 4.69) is 28.9 Å². The van der Waals surface area contributed by atoms with Gasteiger partial charge in [0.25, 0.3) is 5.91 Å². The number of nitrogens with zero attached hydrogens (tertiary/aromatic N) is 2. The number of halogens is 1. The van der Waals surface area contributed by atoms with E-state index < -0.39 is 0 Å². The van der Waals surface area contributed by atoms with Gasteiger partial charge in [-0.3, -0.25) is 9.69 Å². The first-order valence-electron chi connectivity index (χ1n) is 13.5. The molecule has 0 bridgehead atoms. The van der Waals surface area contributed by atoms with E-state index in [1.165, 1.54) is 23.7 Å². The van der Waals surface area contributed by atoms with Crippen molar-refractivity contribution in [1.82, 2.24) is 4.90 Å². The number of rotatable bonds is 8. The van der Waals surface area contributed by atoms with E-state index >= 15 is 0 Å². The van der Waals surface area contributed by atoms with Gasteiger partial charge in [0.1, 0.15) is 6.61 Å². The molecule has 39 heavy (non-hydrogen) atoms. The highest BCUT2D eigenvalue weighted by Crippen LogP contribution is 2.41. The SMILES string of the molecule is CCc1ccccc1N=C1S/C(=C/c2cc(Br)c(OCc3ccccc3)c(OC)c2)C(=O)N1C1CCCCC1. The van der Waals surface area contributed by atoms with Crippen LogP contribution in [0.2, 0.25) is 0 Å². The quantitative estimate of drug-likeness (QED) is 0.242. The van der Waals surface area contributed by atoms with Crippen LogP contribution < -0.4 is 9.47 Å². The Hall–Kier alpha value is -3.03. The summed E-state index contributed by atoms with van der Waals surface area (Å²) in [4.78, 5) is 21.5. The summed E-state index contributed by atoms with van der Waals surface area (Å²) in [6.45, 7) is 2.56. The molecule has 0 atom stereocenters. The molecule has 0 unspecified atom stereocenters. The lowest BCUT2D eigenvalue weighted by Crippen LogP contribution is -2.40. The predicted molar refractivity (Wildman–Crippen MR) is 164 cm³/mol. The van der Waals surface area contributed by atoms with E-state index in [1.807, 2.05) is 71.6 Å². The summed E-state index contributed by atoms with van der Waals surface area (Å²) < 4.78 is 12.6. The van der Waals surface area contributed by atoms with Crippen LogP contribution in [0.1, 0.15) is 55.7 Å². The number of amides is 1. The first kappa shape index (κ1) is 27.5. The van der Waals surface area contributed by atoms with Gasteiger partial charge in [0.05, 0.1) is 22.2 Å². The number of aryl methyl sites for hydroxylation is 1. The van der Waals surface area contributed by atoms with Crippen molar-refractivity contribution >= 4 is 50.5 Å². The van der Waals surface area contributed by atoms with Crippen LogP contribution in [-0.4, -0.2) is 29.1 Å². The van der Waals surface area contributed by atoms with E-state index in [1.54, 1.807) is 7.11 Å². The number of carbonyl (C=O) groups is 1. The van der Waals surface area contributed by atoms with E-state index in [9.17, 15) is 4.79 Å². The fourth-order valence-corrected chi connectivity index (χ4v) is 6.72. The number of hydrogen-bond donors (Lipinski definition) is 0. The molecule has 1 aliphatic heterocycles. The molecular weight excluding hydrogens is 572 g/mol. The minimum absolute atomic E-state index is 0.0270. The molecule has 3 aromatic rings. The van der Waals surface area contributed by atoms with Crippen molar-refractivity contribution in [2.75, 3.05) is 7.11 Å². The summed E-state index contributed by atoms with van der Waals surface area (Å²) >= 11 is 5.12. The van der Waals surface area contributed by atoms with Crippen molar-refractivity contribution in [3.63, 3.8) is 0 Å². The Balaban J connectivity index is 1.46. The van der Waals surface area contributed by atoms with Crippen molar-refractivity contribution in [2.24, 2.45) is 4.99 Å². The summed E-state index contributed by atoms with van der Waals surface area (Å²) in [6.07, 6.45) is 8.38. The number of benzene rings is 3. The second-order valence-electron chi connectivity index (χ2n) is 9.76. The molecule has 1 saturated carbocycles. The van der Waals surface area contributed by atoms with Gasteiger partial charge in [-0.1, -0.05) is 74.7 Å². The second kappa shape index (κ2) is 12.9. The molecule has 1 aliphatic carbocycles. The van der Waals surface area contributed by atoms with Crippen LogP contribution in [0.5, 0.6) is 11.5 Å². The van der Waals surface area contributed by atoms with Gasteiger partial charge in [0.2, 0.25) is 0 Å². The third-order valence-electron chi connectivity index (χ3n) is 7.14. The standard InChI is InChI=1S/C32H33BrN2O3S/c1-3-24-14-10-11-17-27(24)34-32-35(25-15-8-5-9-16-25)31(36)29(39-32)20-23-18-26(33)30(28(19-23)37-2)38-21-22-12-6-4-7-13-22/h4,6-7,10-14,17-20,25H,3,5,8-9,15-16,21H2,1-2H3/b29-20+,34-32?. The summed E-state index contributed by atoms with van der Waals surface area (Å²) in [5.41, 5.74) is 4.05. The van der Waals surface area contributed by atoms with E-state index in [-0.39, 0.29) is 11.9 Å². The Kier molecular flexibility index (Phi) is 9.09. The molecule has 1 heterocycles. The molecular formula is C32H33BrN2O3S. The zero-order chi connectivity index (χ0) is 27.2. The maximum Gasteiger partial charge on any atom is 0.267 e. The molecule has 5 nitrogen and oxygen atoms in total. The fourth-order valence-electron chi connectivity index (χ4n) is 5.09. The second-order valence-corrected chi connectivity index (χ2v) is 11.6. The molecule has 3 aromatic carbocycles. The lowest BCUT2D eigenvalue weighted by molar-refractivity contribution is -0.124. The number of ether oxygens (including phenoxy) is 2. The maximum atomic E-state index is 13.8. The number of methoxy groups -OCH3 is 1. The van der Waals surface area contributed by atoms with Crippen molar-refractivity contribution in [2.45, 2.75) is 58.1 Å². The number of amidine groups is 1. The largest absolute Gasteiger partial charge is 0.493 e. The summed E-state index contributed by atoms with van der Waals surface area (Å²) in [5.74, 6) is 1.27. The molecule has 0 aromatic heterocycles. The highest BCUT2D eigenvalue weighted by atomic mass is 79.9. The number of aliphatic imine (C=N–C) groups is 1. The Morgan fingerprint density at radius 3 is 2.54 bits per heavy atom. The zero-order valence-electron chi connectivity index (χ0n) is 22.4. The van der Waals surface area contributed by atoms with Gasteiger partial charge in [0.15, 0.2) is 16.7 Å². The normalized spacial score (nSPS) is 18.2. The van der Waals surface area contributed by atoms with E-state index in [4.69, 9.17) is 14.5 Å². The van der Waals surface area contributed by atoms with E-state index in [0.29, 0.717) is 23.0 Å². The third kappa shape index (κ3) is 6.42. The molecule has 2 fully saturated rings. The predicted octanol–water partition coefficient (Wildman–Crippen LogP) is 8.54. The van der Waals surface area contributed by atoms with Crippen molar-refractivity contribution in [3.05, 3.63) is 92.8 Å². The average molecular weight is 606 g/mol. The first-order valence-corrected chi connectivity index (χ1v) is 15.1. The van der Waals surface area contributed by atoms with Crippen LogP contribution in [0.15, 0.2) is 81.1 Å². The molecule has 7 heteroatoms. The minimum atomic E-state index is 0.0270. The lowest BCUT2D eigenvalue weighted by atomic mass is 9.94. The average Bonchev–Trinajstić information content (AvgIpc) is 3.27. The van der Waals surface area contributed by atoms with Gasteiger partial charge in [-0.05, 0) is 87.9 Å². The number of thioether (sulfide) groups is 1. The number of para-hydroxylation sites is 1. The van der Waals surface area contributed by atoms with Gasteiger partial charge in [-0.25, -0.2) is 4.99 Å². The molecule has 0 N–H and O–H groups in total. The van der Waals surface area contributed by atoms with Crippen LogP contribution in [0, 0.1) is 0 Å². The van der Waals surface area contributed by atoms with Crippen LogP contribution in [-0.2, 0) is 17.8 Å². The smallest absolute Gasteiger partial charge is 0.267 e. The van der Waals surface area contributed by atoms with Crippen molar-refractivity contribution < 1.29 is 14.3 Å². The molecule has 1 saturated heterocycles. The Morgan fingerprint density at radius 2 is 1.79 bits per heavy atom. The fraction of sp³-hybridized carbons (Fsp3) is 0.312. The highest BCUT2D eigenvalue weighted by Gasteiger charge is 2.38. The minimum Gasteiger partial charge on any atom is -0.493 e. The van der Waals surface area contributed by atoms with Gasteiger partial charge in [0, 0.05) is 6.04 Å². The van der Waals surface area contributed by atoms with Gasteiger partial charge in [-0.2, -0.15) is 0 Å². The van der Waals surface area contributed by atoms with Crippen molar-refractivity contribution in [3.8, 4) is 11.5 Å². The molecule has 202 valence electrons.